The van der Waals surface area contributed by atoms with E-state index in [1.54, 1.807) is 18.5 Å². The van der Waals surface area contributed by atoms with E-state index in [1.165, 1.54) is 18.2 Å². The number of nitrogens with one attached hydrogen (secondary N) is 1. The van der Waals surface area contributed by atoms with E-state index in [0.29, 0.717) is 5.56 Å². The molecule has 146 valence electrons. The van der Waals surface area contributed by atoms with Crippen molar-refractivity contribution in [3.05, 3.63) is 77.6 Å². The van der Waals surface area contributed by atoms with Gasteiger partial charge in [-0.15, -0.1) is 0 Å². The van der Waals surface area contributed by atoms with Crippen molar-refractivity contribution in [1.82, 2.24) is 15.0 Å². The number of aromatic amines is 1. The molecule has 0 aliphatic rings. The Morgan fingerprint density at radius 1 is 1.10 bits per heavy atom. The van der Waals surface area contributed by atoms with E-state index in [0.717, 1.165) is 34.7 Å². The van der Waals surface area contributed by atoms with Gasteiger partial charge in [-0.25, -0.2) is 14.8 Å². The summed E-state index contributed by atoms with van der Waals surface area (Å²) in [4.78, 5) is 26.0. The number of nitrogens with zero attached hydrogens (tertiary/aromatic N) is 3. The van der Waals surface area contributed by atoms with Crippen LogP contribution in [-0.4, -0.2) is 35.1 Å². The minimum Gasteiger partial charge on any atom is -0.465 e. The van der Waals surface area contributed by atoms with E-state index in [1.807, 2.05) is 25.2 Å². The standard InChI is InChI=1S/C23H22N4O2/c1-15-5-4-6-16(11-15)13-27(2)22-19-12-20(26-21(19)24-14-25-22)17-7-9-18(10-8-17)23(28)29-3/h4-12,14H,13H2,1-3H3,(H,24,25,26). The van der Waals surface area contributed by atoms with Gasteiger partial charge >= 0.3 is 5.97 Å². The molecule has 0 spiro atoms. The van der Waals surface area contributed by atoms with Crippen molar-refractivity contribution in [1.29, 1.82) is 0 Å². The summed E-state index contributed by atoms with van der Waals surface area (Å²) in [5.41, 5.74) is 5.64. The zero-order valence-corrected chi connectivity index (χ0v) is 16.6. The van der Waals surface area contributed by atoms with Crippen LogP contribution in [-0.2, 0) is 11.3 Å². The third kappa shape index (κ3) is 3.82. The fraction of sp³-hybridized carbons (Fsp3) is 0.174. The quantitative estimate of drug-likeness (QED) is 0.516. The van der Waals surface area contributed by atoms with Gasteiger partial charge in [0.15, 0.2) is 0 Å². The highest BCUT2D eigenvalue weighted by Gasteiger charge is 2.14. The Morgan fingerprint density at radius 2 is 1.90 bits per heavy atom. The lowest BCUT2D eigenvalue weighted by molar-refractivity contribution is 0.0601. The molecule has 0 radical (unpaired) electrons. The monoisotopic (exact) mass is 386 g/mol. The van der Waals surface area contributed by atoms with Crippen molar-refractivity contribution in [2.45, 2.75) is 13.5 Å². The zero-order chi connectivity index (χ0) is 20.4. The number of hydrogen-bond donors (Lipinski definition) is 1. The molecule has 0 bridgehead atoms. The molecule has 2 aromatic heterocycles. The molecule has 0 fully saturated rings. The number of rotatable bonds is 5. The Morgan fingerprint density at radius 3 is 2.62 bits per heavy atom. The normalized spacial score (nSPS) is 10.9. The fourth-order valence-corrected chi connectivity index (χ4v) is 3.45. The number of carbonyl (C=O) groups is 1. The highest BCUT2D eigenvalue weighted by molar-refractivity contribution is 5.93. The van der Waals surface area contributed by atoms with Gasteiger partial charge in [0, 0.05) is 19.3 Å². The molecule has 0 atom stereocenters. The van der Waals surface area contributed by atoms with Crippen LogP contribution in [0, 0.1) is 6.92 Å². The second kappa shape index (κ2) is 7.75. The van der Waals surface area contributed by atoms with Gasteiger partial charge < -0.3 is 14.6 Å². The van der Waals surface area contributed by atoms with Gasteiger partial charge in [-0.2, -0.15) is 0 Å². The Hall–Kier alpha value is -3.67. The van der Waals surface area contributed by atoms with Gasteiger partial charge in [0.2, 0.25) is 0 Å². The van der Waals surface area contributed by atoms with Crippen LogP contribution in [0.3, 0.4) is 0 Å². The first kappa shape index (κ1) is 18.7. The molecule has 0 aliphatic heterocycles. The van der Waals surface area contributed by atoms with Crippen molar-refractivity contribution in [2.24, 2.45) is 0 Å². The number of hydrogen-bond acceptors (Lipinski definition) is 5. The smallest absolute Gasteiger partial charge is 0.337 e. The highest BCUT2D eigenvalue weighted by Crippen LogP contribution is 2.29. The minimum atomic E-state index is -0.348. The Kier molecular flexibility index (Phi) is 4.99. The van der Waals surface area contributed by atoms with Crippen molar-refractivity contribution in [3.8, 4) is 11.3 Å². The van der Waals surface area contributed by atoms with Crippen LogP contribution in [0.4, 0.5) is 5.82 Å². The highest BCUT2D eigenvalue weighted by atomic mass is 16.5. The lowest BCUT2D eigenvalue weighted by atomic mass is 10.1. The zero-order valence-electron chi connectivity index (χ0n) is 16.6. The third-order valence-corrected chi connectivity index (χ3v) is 4.89. The Balaban J connectivity index is 1.65. The molecular formula is C23H22N4O2. The number of esters is 1. The van der Waals surface area contributed by atoms with Crippen molar-refractivity contribution < 1.29 is 9.53 Å². The predicted octanol–water partition coefficient (Wildman–Crippen LogP) is 4.36. The molecule has 29 heavy (non-hydrogen) atoms. The number of methoxy groups -OCH3 is 1. The molecule has 6 nitrogen and oxygen atoms in total. The van der Waals surface area contributed by atoms with E-state index in [9.17, 15) is 4.79 Å². The van der Waals surface area contributed by atoms with E-state index in [4.69, 9.17) is 4.74 Å². The number of benzene rings is 2. The predicted molar refractivity (Wildman–Crippen MR) is 114 cm³/mol. The molecule has 0 amide bonds. The number of fused-ring (bicyclic) bond motifs is 1. The summed E-state index contributed by atoms with van der Waals surface area (Å²) in [7, 11) is 3.41. The summed E-state index contributed by atoms with van der Waals surface area (Å²) >= 11 is 0. The molecule has 2 aromatic carbocycles. The fourth-order valence-electron chi connectivity index (χ4n) is 3.45. The van der Waals surface area contributed by atoms with Gasteiger partial charge in [0.25, 0.3) is 0 Å². The molecule has 4 aromatic rings. The summed E-state index contributed by atoms with van der Waals surface area (Å²) in [6.07, 6.45) is 1.57. The largest absolute Gasteiger partial charge is 0.465 e. The topological polar surface area (TPSA) is 71.1 Å². The Labute approximate surface area is 169 Å². The first-order chi connectivity index (χ1) is 14.0. The van der Waals surface area contributed by atoms with Crippen molar-refractivity contribution in [3.63, 3.8) is 0 Å². The summed E-state index contributed by atoms with van der Waals surface area (Å²) in [5.74, 6) is 0.518. The number of carbonyl (C=O) groups excluding carboxylic acids is 1. The number of aromatic nitrogens is 3. The van der Waals surface area contributed by atoms with E-state index in [-0.39, 0.29) is 5.97 Å². The van der Waals surface area contributed by atoms with E-state index in [2.05, 4.69) is 51.0 Å². The second-order valence-electron chi connectivity index (χ2n) is 7.06. The maximum Gasteiger partial charge on any atom is 0.337 e. The van der Waals surface area contributed by atoms with Gasteiger partial charge in [0.1, 0.15) is 17.8 Å². The van der Waals surface area contributed by atoms with Crippen LogP contribution < -0.4 is 4.90 Å². The van der Waals surface area contributed by atoms with Gasteiger partial charge in [0.05, 0.1) is 18.1 Å². The molecule has 0 saturated heterocycles. The van der Waals surface area contributed by atoms with Crippen LogP contribution in [0.25, 0.3) is 22.3 Å². The second-order valence-corrected chi connectivity index (χ2v) is 7.06. The average molecular weight is 386 g/mol. The van der Waals surface area contributed by atoms with Crippen LogP contribution in [0.2, 0.25) is 0 Å². The van der Waals surface area contributed by atoms with Crippen LogP contribution in [0.15, 0.2) is 60.9 Å². The Bertz CT molecular complexity index is 1170. The van der Waals surface area contributed by atoms with Crippen LogP contribution in [0.5, 0.6) is 0 Å². The van der Waals surface area contributed by atoms with Gasteiger partial charge in [-0.3, -0.25) is 0 Å². The number of anilines is 1. The number of H-pyrrole nitrogens is 1. The van der Waals surface area contributed by atoms with Crippen molar-refractivity contribution in [2.75, 3.05) is 19.1 Å². The number of aryl methyl sites for hydroxylation is 1. The minimum absolute atomic E-state index is 0.348. The van der Waals surface area contributed by atoms with Gasteiger partial charge in [-0.05, 0) is 36.2 Å². The molecule has 0 aliphatic carbocycles. The molecular weight excluding hydrogens is 364 g/mol. The lowest BCUT2D eigenvalue weighted by Crippen LogP contribution is -2.18. The molecule has 6 heteroatoms. The van der Waals surface area contributed by atoms with Gasteiger partial charge in [-0.1, -0.05) is 42.0 Å². The van der Waals surface area contributed by atoms with Crippen molar-refractivity contribution >= 4 is 22.8 Å². The molecule has 0 unspecified atom stereocenters. The third-order valence-electron chi connectivity index (χ3n) is 4.89. The van der Waals surface area contributed by atoms with Crippen LogP contribution in [0.1, 0.15) is 21.5 Å². The molecule has 0 saturated carbocycles. The van der Waals surface area contributed by atoms with Crippen LogP contribution >= 0.6 is 0 Å². The SMILES string of the molecule is COC(=O)c1ccc(-c2cc3c(N(C)Cc4cccc(C)c4)ncnc3[nH]2)cc1. The van der Waals surface area contributed by atoms with E-state index >= 15 is 0 Å². The summed E-state index contributed by atoms with van der Waals surface area (Å²) in [6, 6.07) is 17.8. The summed E-state index contributed by atoms with van der Waals surface area (Å²) in [6.45, 7) is 2.85. The average Bonchev–Trinajstić information content (AvgIpc) is 3.17. The summed E-state index contributed by atoms with van der Waals surface area (Å²) < 4.78 is 4.76. The molecule has 4 rings (SSSR count). The first-order valence-corrected chi connectivity index (χ1v) is 9.34. The molecule has 1 N–H and O–H groups in total. The first-order valence-electron chi connectivity index (χ1n) is 9.34. The maximum atomic E-state index is 11.6. The lowest BCUT2D eigenvalue weighted by Gasteiger charge is -2.19. The maximum absolute atomic E-state index is 11.6. The summed E-state index contributed by atoms with van der Waals surface area (Å²) in [5, 5.41) is 0.953. The molecule has 2 heterocycles. The van der Waals surface area contributed by atoms with E-state index < -0.39 is 0 Å². The number of ether oxygens (including phenoxy) is 1.